The lowest BCUT2D eigenvalue weighted by atomic mass is 9.96. The van der Waals surface area contributed by atoms with E-state index < -0.39 is 0 Å². The fourth-order valence-electron chi connectivity index (χ4n) is 3.31. The fraction of sp³-hybridized carbons (Fsp3) is 0.474. The Hall–Kier alpha value is -2.10. The van der Waals surface area contributed by atoms with Gasteiger partial charge in [0, 0.05) is 20.1 Å². The molecule has 1 aromatic rings. The van der Waals surface area contributed by atoms with Gasteiger partial charge in [-0.2, -0.15) is 0 Å². The number of carbonyl (C=O) groups excluding carboxylic acids is 2. The van der Waals surface area contributed by atoms with Crippen molar-refractivity contribution < 1.29 is 9.59 Å². The van der Waals surface area contributed by atoms with Gasteiger partial charge in [0.15, 0.2) is 0 Å². The molecule has 1 aromatic carbocycles. The molecule has 1 fully saturated rings. The van der Waals surface area contributed by atoms with E-state index in [9.17, 15) is 9.59 Å². The van der Waals surface area contributed by atoms with E-state index >= 15 is 0 Å². The van der Waals surface area contributed by atoms with Gasteiger partial charge in [0.2, 0.25) is 0 Å². The van der Waals surface area contributed by atoms with E-state index in [2.05, 4.69) is 11.8 Å². The molecule has 2 amide bonds. The Balaban J connectivity index is 2.08. The highest BCUT2D eigenvalue weighted by atomic mass is 16.2. The van der Waals surface area contributed by atoms with Crippen LogP contribution in [0.25, 0.3) is 5.57 Å². The summed E-state index contributed by atoms with van der Waals surface area (Å²) in [6.07, 6.45) is 2.13. The van der Waals surface area contributed by atoms with E-state index in [1.165, 1.54) is 10.5 Å². The van der Waals surface area contributed by atoms with Crippen LogP contribution in [0.3, 0.4) is 0 Å². The average molecular weight is 312 g/mol. The van der Waals surface area contributed by atoms with Crippen molar-refractivity contribution in [2.75, 3.05) is 20.1 Å². The molecule has 4 nitrogen and oxygen atoms in total. The Kier molecular flexibility index (Phi) is 4.00. The minimum atomic E-state index is -0.188. The molecule has 23 heavy (non-hydrogen) atoms. The van der Waals surface area contributed by atoms with Gasteiger partial charge in [-0.3, -0.25) is 14.5 Å². The molecule has 0 aliphatic carbocycles. The first-order chi connectivity index (χ1) is 10.9. The van der Waals surface area contributed by atoms with Crippen LogP contribution in [0.4, 0.5) is 0 Å². The topological polar surface area (TPSA) is 40.6 Å². The molecule has 0 atom stereocenters. The van der Waals surface area contributed by atoms with Crippen LogP contribution in [0, 0.1) is 19.8 Å². The number of benzene rings is 1. The van der Waals surface area contributed by atoms with E-state index in [1.807, 2.05) is 32.0 Å². The Bertz CT molecular complexity index is 697. The SMILES string of the molecule is Cc1ccc(C2=C(N3CCC(C)CC3)C(=O)N(C)C2=O)cc1C. The quantitative estimate of drug-likeness (QED) is 0.789. The third-order valence-corrected chi connectivity index (χ3v) is 5.16. The number of amides is 2. The summed E-state index contributed by atoms with van der Waals surface area (Å²) < 4.78 is 0. The van der Waals surface area contributed by atoms with Gasteiger partial charge in [-0.15, -0.1) is 0 Å². The van der Waals surface area contributed by atoms with Crippen molar-refractivity contribution in [3.63, 3.8) is 0 Å². The summed E-state index contributed by atoms with van der Waals surface area (Å²) in [6.45, 7) is 8.01. The molecular formula is C19H24N2O2. The molecule has 0 N–H and O–H groups in total. The van der Waals surface area contributed by atoms with Crippen LogP contribution in [0.15, 0.2) is 23.9 Å². The van der Waals surface area contributed by atoms with Crippen molar-refractivity contribution in [2.45, 2.75) is 33.6 Å². The number of carbonyl (C=O) groups is 2. The van der Waals surface area contributed by atoms with Gasteiger partial charge in [0.1, 0.15) is 5.70 Å². The molecule has 2 aliphatic rings. The second kappa shape index (κ2) is 5.84. The molecule has 4 heteroatoms. The number of imide groups is 1. The first-order valence-electron chi connectivity index (χ1n) is 8.29. The fourth-order valence-corrected chi connectivity index (χ4v) is 3.31. The first-order valence-corrected chi connectivity index (χ1v) is 8.29. The second-order valence-corrected chi connectivity index (χ2v) is 6.86. The summed E-state index contributed by atoms with van der Waals surface area (Å²) in [7, 11) is 1.57. The van der Waals surface area contributed by atoms with Gasteiger partial charge in [-0.1, -0.05) is 25.1 Å². The van der Waals surface area contributed by atoms with E-state index in [1.54, 1.807) is 7.05 Å². The lowest BCUT2D eigenvalue weighted by Gasteiger charge is -2.32. The van der Waals surface area contributed by atoms with Crippen LogP contribution in [-0.2, 0) is 9.59 Å². The summed E-state index contributed by atoms with van der Waals surface area (Å²) in [5, 5.41) is 0. The predicted molar refractivity (Wildman–Crippen MR) is 90.6 cm³/mol. The van der Waals surface area contributed by atoms with Crippen LogP contribution in [0.5, 0.6) is 0 Å². The third kappa shape index (κ3) is 2.67. The summed E-state index contributed by atoms with van der Waals surface area (Å²) in [5.41, 5.74) is 4.33. The third-order valence-electron chi connectivity index (χ3n) is 5.16. The molecule has 0 bridgehead atoms. The number of aryl methyl sites for hydroxylation is 2. The van der Waals surface area contributed by atoms with Crippen molar-refractivity contribution in [1.82, 2.24) is 9.80 Å². The summed E-state index contributed by atoms with van der Waals surface area (Å²) in [6, 6.07) is 5.99. The van der Waals surface area contributed by atoms with Crippen LogP contribution in [-0.4, -0.2) is 41.8 Å². The van der Waals surface area contributed by atoms with Crippen LogP contribution in [0.2, 0.25) is 0 Å². The van der Waals surface area contributed by atoms with Crippen molar-refractivity contribution in [2.24, 2.45) is 5.92 Å². The average Bonchev–Trinajstić information content (AvgIpc) is 2.75. The van der Waals surface area contributed by atoms with E-state index in [0.29, 0.717) is 17.2 Å². The van der Waals surface area contributed by atoms with E-state index in [-0.39, 0.29) is 11.8 Å². The van der Waals surface area contributed by atoms with Crippen molar-refractivity contribution in [3.05, 3.63) is 40.6 Å². The second-order valence-electron chi connectivity index (χ2n) is 6.86. The highest BCUT2D eigenvalue weighted by Gasteiger charge is 2.40. The monoisotopic (exact) mass is 312 g/mol. The standard InChI is InChI=1S/C19H24N2O2/c1-12-7-9-21(10-8-12)17-16(18(22)20(4)19(17)23)15-6-5-13(2)14(3)11-15/h5-6,11-12H,7-10H2,1-4H3. The van der Waals surface area contributed by atoms with Crippen molar-refractivity contribution >= 4 is 17.4 Å². The lowest BCUT2D eigenvalue weighted by molar-refractivity contribution is -0.136. The number of nitrogens with zero attached hydrogens (tertiary/aromatic N) is 2. The van der Waals surface area contributed by atoms with Gasteiger partial charge in [-0.05, 0) is 49.3 Å². The summed E-state index contributed by atoms with van der Waals surface area (Å²) in [5.74, 6) is 0.325. The van der Waals surface area contributed by atoms with Crippen molar-refractivity contribution in [1.29, 1.82) is 0 Å². The van der Waals surface area contributed by atoms with E-state index in [4.69, 9.17) is 0 Å². The molecule has 1 saturated heterocycles. The molecule has 0 aromatic heterocycles. The highest BCUT2D eigenvalue weighted by Crippen LogP contribution is 2.33. The molecule has 0 unspecified atom stereocenters. The molecule has 0 saturated carbocycles. The Labute approximate surface area is 137 Å². The zero-order valence-electron chi connectivity index (χ0n) is 14.3. The summed E-state index contributed by atoms with van der Waals surface area (Å²) >= 11 is 0. The Morgan fingerprint density at radius 3 is 2.26 bits per heavy atom. The molecule has 3 rings (SSSR count). The maximum atomic E-state index is 12.7. The zero-order valence-corrected chi connectivity index (χ0v) is 14.3. The number of piperidine rings is 1. The highest BCUT2D eigenvalue weighted by molar-refractivity contribution is 6.35. The number of likely N-dealkylation sites (tertiary alicyclic amines) is 1. The smallest absolute Gasteiger partial charge is 0.277 e. The Morgan fingerprint density at radius 2 is 1.65 bits per heavy atom. The first kappa shape index (κ1) is 15.8. The van der Waals surface area contributed by atoms with Gasteiger partial charge in [0.25, 0.3) is 11.8 Å². The molecule has 2 heterocycles. The largest absolute Gasteiger partial charge is 0.366 e. The van der Waals surface area contributed by atoms with Crippen molar-refractivity contribution in [3.8, 4) is 0 Å². The number of likely N-dealkylation sites (N-methyl/N-ethyl adjacent to an activating group) is 1. The minimum Gasteiger partial charge on any atom is -0.366 e. The number of hydrogen-bond acceptors (Lipinski definition) is 3. The maximum absolute atomic E-state index is 12.7. The van der Waals surface area contributed by atoms with Crippen LogP contribution < -0.4 is 0 Å². The van der Waals surface area contributed by atoms with Crippen LogP contribution in [0.1, 0.15) is 36.5 Å². The summed E-state index contributed by atoms with van der Waals surface area (Å²) in [4.78, 5) is 28.6. The number of hydrogen-bond donors (Lipinski definition) is 0. The molecular weight excluding hydrogens is 288 g/mol. The van der Waals surface area contributed by atoms with Gasteiger partial charge in [-0.25, -0.2) is 0 Å². The Morgan fingerprint density at radius 1 is 1.00 bits per heavy atom. The molecule has 2 aliphatic heterocycles. The molecule has 0 spiro atoms. The minimum absolute atomic E-state index is 0.169. The molecule has 0 radical (unpaired) electrons. The predicted octanol–water partition coefficient (Wildman–Crippen LogP) is 2.75. The van der Waals surface area contributed by atoms with Gasteiger partial charge >= 0.3 is 0 Å². The normalized spacial score (nSPS) is 20.0. The number of rotatable bonds is 2. The zero-order chi connectivity index (χ0) is 16.7. The molecule has 122 valence electrons. The van der Waals surface area contributed by atoms with E-state index in [0.717, 1.165) is 37.1 Å². The maximum Gasteiger partial charge on any atom is 0.277 e. The lowest BCUT2D eigenvalue weighted by Crippen LogP contribution is -2.37. The van der Waals surface area contributed by atoms with Gasteiger partial charge < -0.3 is 4.90 Å². The van der Waals surface area contributed by atoms with Gasteiger partial charge in [0.05, 0.1) is 5.57 Å². The van der Waals surface area contributed by atoms with Crippen LogP contribution >= 0.6 is 0 Å².